The lowest BCUT2D eigenvalue weighted by Crippen LogP contribution is -2.38. The highest BCUT2D eigenvalue weighted by molar-refractivity contribution is 6.33. The summed E-state index contributed by atoms with van der Waals surface area (Å²) >= 11 is 6.38. The van der Waals surface area contributed by atoms with Crippen LogP contribution in [0, 0.1) is 13.8 Å². The first-order valence-electron chi connectivity index (χ1n) is 11.4. The van der Waals surface area contributed by atoms with E-state index >= 15 is 0 Å². The third kappa shape index (κ3) is 3.84. The van der Waals surface area contributed by atoms with Gasteiger partial charge in [0.05, 0.1) is 22.3 Å². The number of carbonyl (C=O) groups is 1. The molecule has 2 N–H and O–H groups in total. The largest absolute Gasteiger partial charge is 0.355 e. The highest BCUT2D eigenvalue weighted by atomic mass is 35.5. The quantitative estimate of drug-likeness (QED) is 0.651. The minimum absolute atomic E-state index is 0.0312. The van der Waals surface area contributed by atoms with Gasteiger partial charge in [0.25, 0.3) is 5.91 Å². The average Bonchev–Trinajstić information content (AvgIpc) is 3.40. The molecule has 5 rings (SSSR count). The molecule has 0 aliphatic carbocycles. The Bertz CT molecular complexity index is 1170. The summed E-state index contributed by atoms with van der Waals surface area (Å²) in [5.74, 6) is 0.941. The van der Waals surface area contributed by atoms with Crippen molar-refractivity contribution in [3.8, 4) is 0 Å². The van der Waals surface area contributed by atoms with Crippen LogP contribution in [0.15, 0.2) is 30.5 Å². The lowest BCUT2D eigenvalue weighted by molar-refractivity contribution is 0.0606. The second-order valence-electron chi connectivity index (χ2n) is 9.11. The zero-order valence-electron chi connectivity index (χ0n) is 18.6. The van der Waals surface area contributed by atoms with Crippen LogP contribution in [0.25, 0.3) is 5.65 Å². The predicted molar refractivity (Wildman–Crippen MR) is 126 cm³/mol. The number of piperidine rings is 1. The van der Waals surface area contributed by atoms with Gasteiger partial charge in [-0.15, -0.1) is 0 Å². The van der Waals surface area contributed by atoms with Gasteiger partial charge < -0.3 is 15.5 Å². The first kappa shape index (κ1) is 21.2. The van der Waals surface area contributed by atoms with Crippen LogP contribution in [0.1, 0.15) is 58.9 Å². The fourth-order valence-corrected chi connectivity index (χ4v) is 5.12. The normalized spacial score (nSPS) is 21.5. The summed E-state index contributed by atoms with van der Waals surface area (Å²) in [7, 11) is 0. The van der Waals surface area contributed by atoms with Crippen molar-refractivity contribution >= 4 is 29.0 Å². The molecular weight excluding hydrogens is 424 g/mol. The van der Waals surface area contributed by atoms with E-state index in [1.165, 1.54) is 0 Å². The number of likely N-dealkylation sites (tertiary alicyclic amines) is 1. The number of nitrogens with two attached hydrogens (primary N) is 1. The maximum Gasteiger partial charge on any atom is 0.255 e. The third-order valence-corrected chi connectivity index (χ3v) is 6.94. The standard InChI is InChI=1S/C24H29ClN6O/c1-15-6-7-19(25)18(11-15)24(32)30-9-4-3-5-21(30)20-12-22-27-23(16(2)13-31(22)28-20)29-10-8-17(26)14-29/h6-7,11-13,17,21H,3-5,8-10,14,26H2,1-2H3/t17-,21-/m0/s1. The average molecular weight is 453 g/mol. The summed E-state index contributed by atoms with van der Waals surface area (Å²) in [6, 6.07) is 7.73. The fourth-order valence-electron chi connectivity index (χ4n) is 4.92. The first-order valence-corrected chi connectivity index (χ1v) is 11.7. The number of amides is 1. The van der Waals surface area contributed by atoms with E-state index in [4.69, 9.17) is 27.4 Å². The molecule has 2 atom stereocenters. The highest BCUT2D eigenvalue weighted by Gasteiger charge is 2.32. The Morgan fingerprint density at radius 2 is 2.00 bits per heavy atom. The molecule has 2 aromatic heterocycles. The van der Waals surface area contributed by atoms with Crippen LogP contribution in [-0.4, -0.2) is 51.1 Å². The van der Waals surface area contributed by atoms with Crippen LogP contribution < -0.4 is 10.6 Å². The summed E-state index contributed by atoms with van der Waals surface area (Å²) in [6.45, 7) is 6.48. The van der Waals surface area contributed by atoms with E-state index in [0.29, 0.717) is 17.1 Å². The lowest BCUT2D eigenvalue weighted by Gasteiger charge is -2.35. The van der Waals surface area contributed by atoms with Crippen molar-refractivity contribution in [2.45, 2.75) is 51.6 Å². The maximum atomic E-state index is 13.5. The van der Waals surface area contributed by atoms with Crippen molar-refractivity contribution in [1.29, 1.82) is 0 Å². The van der Waals surface area contributed by atoms with Crippen LogP contribution in [0.5, 0.6) is 0 Å². The van der Waals surface area contributed by atoms with Gasteiger partial charge in [-0.25, -0.2) is 9.50 Å². The van der Waals surface area contributed by atoms with Crippen molar-refractivity contribution in [1.82, 2.24) is 19.5 Å². The third-order valence-electron chi connectivity index (χ3n) is 6.61. The van der Waals surface area contributed by atoms with Gasteiger partial charge >= 0.3 is 0 Å². The zero-order valence-corrected chi connectivity index (χ0v) is 19.3. The van der Waals surface area contributed by atoms with Gasteiger partial charge in [-0.05, 0) is 51.7 Å². The Balaban J connectivity index is 1.48. The van der Waals surface area contributed by atoms with E-state index in [-0.39, 0.29) is 18.0 Å². The number of rotatable bonds is 3. The van der Waals surface area contributed by atoms with Crippen molar-refractivity contribution in [3.05, 3.63) is 57.9 Å². The van der Waals surface area contributed by atoms with E-state index in [0.717, 1.165) is 67.1 Å². The number of aryl methyl sites for hydroxylation is 2. The SMILES string of the molecule is Cc1ccc(Cl)c(C(=O)N2CCCC[C@H]2c2cc3nc(N4CC[C@H](N)C4)c(C)cn3n2)c1. The van der Waals surface area contributed by atoms with Gasteiger partial charge in [0, 0.05) is 43.5 Å². The molecule has 8 heteroatoms. The van der Waals surface area contributed by atoms with Crippen LogP contribution in [-0.2, 0) is 0 Å². The van der Waals surface area contributed by atoms with Crippen LogP contribution in [0.2, 0.25) is 5.02 Å². The van der Waals surface area contributed by atoms with Gasteiger partial charge in [0.2, 0.25) is 0 Å². The molecule has 1 aromatic carbocycles. The predicted octanol–water partition coefficient (Wildman–Crippen LogP) is 3.90. The minimum Gasteiger partial charge on any atom is -0.355 e. The Kier molecular flexibility index (Phi) is 5.55. The van der Waals surface area contributed by atoms with Gasteiger partial charge in [-0.3, -0.25) is 4.79 Å². The number of aromatic nitrogens is 3. The molecule has 0 radical (unpaired) electrons. The molecule has 2 saturated heterocycles. The lowest BCUT2D eigenvalue weighted by atomic mass is 9.98. The molecule has 32 heavy (non-hydrogen) atoms. The molecule has 2 fully saturated rings. The van der Waals surface area contributed by atoms with Crippen LogP contribution >= 0.6 is 11.6 Å². The minimum atomic E-state index is -0.0847. The molecule has 2 aliphatic heterocycles. The number of nitrogens with zero attached hydrogens (tertiary/aromatic N) is 5. The molecule has 0 saturated carbocycles. The maximum absolute atomic E-state index is 13.5. The smallest absolute Gasteiger partial charge is 0.255 e. The molecule has 1 amide bonds. The molecular formula is C24H29ClN6O. The molecule has 7 nitrogen and oxygen atoms in total. The summed E-state index contributed by atoms with van der Waals surface area (Å²) < 4.78 is 1.83. The molecule has 0 unspecified atom stereocenters. The number of hydrogen-bond acceptors (Lipinski definition) is 5. The Morgan fingerprint density at radius 3 is 2.78 bits per heavy atom. The summed E-state index contributed by atoms with van der Waals surface area (Å²) in [5.41, 5.74) is 10.4. The number of carbonyl (C=O) groups excluding carboxylic acids is 1. The number of fused-ring (bicyclic) bond motifs is 1. The van der Waals surface area contributed by atoms with Gasteiger partial charge in [-0.2, -0.15) is 5.10 Å². The van der Waals surface area contributed by atoms with E-state index in [1.807, 2.05) is 40.7 Å². The summed E-state index contributed by atoms with van der Waals surface area (Å²) in [5, 5.41) is 5.32. The van der Waals surface area contributed by atoms with Crippen molar-refractivity contribution in [3.63, 3.8) is 0 Å². The highest BCUT2D eigenvalue weighted by Crippen LogP contribution is 2.34. The van der Waals surface area contributed by atoms with Crippen molar-refractivity contribution in [2.24, 2.45) is 5.73 Å². The molecule has 0 spiro atoms. The molecule has 4 heterocycles. The van der Waals surface area contributed by atoms with Crippen LogP contribution in [0.4, 0.5) is 5.82 Å². The van der Waals surface area contributed by atoms with E-state index < -0.39 is 0 Å². The Hall–Kier alpha value is -2.64. The Labute approximate surface area is 193 Å². The van der Waals surface area contributed by atoms with Crippen molar-refractivity contribution < 1.29 is 4.79 Å². The number of benzene rings is 1. The monoisotopic (exact) mass is 452 g/mol. The molecule has 2 aliphatic rings. The number of anilines is 1. The second kappa shape index (κ2) is 8.37. The van der Waals surface area contributed by atoms with Crippen molar-refractivity contribution in [2.75, 3.05) is 24.5 Å². The summed E-state index contributed by atoms with van der Waals surface area (Å²) in [6.07, 6.45) is 5.93. The first-order chi connectivity index (χ1) is 15.4. The Morgan fingerprint density at radius 1 is 1.16 bits per heavy atom. The zero-order chi connectivity index (χ0) is 22.4. The fraction of sp³-hybridized carbons (Fsp3) is 0.458. The van der Waals surface area contributed by atoms with Gasteiger partial charge in [-0.1, -0.05) is 23.2 Å². The molecule has 0 bridgehead atoms. The second-order valence-corrected chi connectivity index (χ2v) is 9.51. The van der Waals surface area contributed by atoms with Gasteiger partial charge in [0.15, 0.2) is 5.65 Å². The van der Waals surface area contributed by atoms with Crippen LogP contribution in [0.3, 0.4) is 0 Å². The van der Waals surface area contributed by atoms with E-state index in [2.05, 4.69) is 11.8 Å². The molecule has 3 aromatic rings. The van der Waals surface area contributed by atoms with E-state index in [1.54, 1.807) is 6.07 Å². The van der Waals surface area contributed by atoms with E-state index in [9.17, 15) is 4.79 Å². The summed E-state index contributed by atoms with van der Waals surface area (Å²) in [4.78, 5) is 22.5. The molecule has 168 valence electrons. The van der Waals surface area contributed by atoms with Gasteiger partial charge in [0.1, 0.15) is 5.82 Å². The topological polar surface area (TPSA) is 79.8 Å². The number of halogens is 1. The number of hydrogen-bond donors (Lipinski definition) is 1.